The molecular formula is C20H33N3O2. The van der Waals surface area contributed by atoms with Crippen molar-refractivity contribution in [3.8, 4) is 0 Å². The molecule has 3 N–H and O–H groups in total. The molecule has 1 heterocycles. The van der Waals surface area contributed by atoms with Gasteiger partial charge in [-0.15, -0.1) is 0 Å². The summed E-state index contributed by atoms with van der Waals surface area (Å²) in [4.78, 5) is 14.8. The molecule has 1 aromatic rings. The van der Waals surface area contributed by atoms with Crippen LogP contribution in [0.3, 0.4) is 0 Å². The van der Waals surface area contributed by atoms with Crippen LogP contribution in [0.2, 0.25) is 0 Å². The molecule has 0 radical (unpaired) electrons. The SMILES string of the molecule is CCOCCCN1CCC(NC(=O)CC(N)c2ccccc2)C(C)C1. The molecule has 25 heavy (non-hydrogen) atoms. The zero-order valence-corrected chi connectivity index (χ0v) is 15.6. The predicted octanol–water partition coefficient (Wildman–Crippen LogP) is 2.33. The van der Waals surface area contributed by atoms with Crippen molar-refractivity contribution in [3.63, 3.8) is 0 Å². The standard InChI is InChI=1S/C20H33N3O2/c1-3-25-13-7-11-23-12-10-19(16(2)15-23)22-20(24)14-18(21)17-8-5-4-6-9-17/h4-6,8-9,16,18-19H,3,7,10-15,21H2,1-2H3,(H,22,24). The van der Waals surface area contributed by atoms with Crippen molar-refractivity contribution in [2.75, 3.05) is 32.8 Å². The van der Waals surface area contributed by atoms with Crippen molar-refractivity contribution in [1.29, 1.82) is 0 Å². The van der Waals surface area contributed by atoms with Gasteiger partial charge in [0.2, 0.25) is 5.91 Å². The van der Waals surface area contributed by atoms with Crippen LogP contribution in [0.5, 0.6) is 0 Å². The van der Waals surface area contributed by atoms with Crippen LogP contribution >= 0.6 is 0 Å². The van der Waals surface area contributed by atoms with E-state index in [9.17, 15) is 4.79 Å². The zero-order valence-electron chi connectivity index (χ0n) is 15.6. The van der Waals surface area contributed by atoms with Crippen molar-refractivity contribution in [3.05, 3.63) is 35.9 Å². The largest absolute Gasteiger partial charge is 0.382 e. The van der Waals surface area contributed by atoms with Gasteiger partial charge in [0.1, 0.15) is 0 Å². The monoisotopic (exact) mass is 347 g/mol. The fraction of sp³-hybridized carbons (Fsp3) is 0.650. The number of hydrogen-bond donors (Lipinski definition) is 2. The molecule has 1 fully saturated rings. The maximum Gasteiger partial charge on any atom is 0.222 e. The van der Waals surface area contributed by atoms with Gasteiger partial charge in [0.05, 0.1) is 0 Å². The van der Waals surface area contributed by atoms with E-state index >= 15 is 0 Å². The van der Waals surface area contributed by atoms with Gasteiger partial charge in [-0.05, 0) is 31.2 Å². The Hall–Kier alpha value is -1.43. The smallest absolute Gasteiger partial charge is 0.222 e. The molecule has 3 unspecified atom stereocenters. The molecule has 1 aliphatic rings. The second kappa shape index (κ2) is 10.5. The van der Waals surface area contributed by atoms with Gasteiger partial charge in [-0.25, -0.2) is 0 Å². The maximum atomic E-state index is 12.3. The number of nitrogens with one attached hydrogen (secondary N) is 1. The van der Waals surface area contributed by atoms with Gasteiger partial charge in [0.15, 0.2) is 0 Å². The van der Waals surface area contributed by atoms with Crippen LogP contribution in [0.15, 0.2) is 30.3 Å². The molecule has 0 bridgehead atoms. The molecule has 5 heteroatoms. The summed E-state index contributed by atoms with van der Waals surface area (Å²) in [5, 5.41) is 3.20. The second-order valence-corrected chi connectivity index (χ2v) is 7.01. The number of carbonyl (C=O) groups excluding carboxylic acids is 1. The summed E-state index contributed by atoms with van der Waals surface area (Å²) in [5.74, 6) is 0.510. The average Bonchev–Trinajstić information content (AvgIpc) is 2.61. The summed E-state index contributed by atoms with van der Waals surface area (Å²) in [5.41, 5.74) is 7.17. The van der Waals surface area contributed by atoms with Crippen LogP contribution in [-0.2, 0) is 9.53 Å². The van der Waals surface area contributed by atoms with Crippen LogP contribution in [-0.4, -0.2) is 49.7 Å². The Kier molecular flexibility index (Phi) is 8.38. The number of rotatable bonds is 9. The Bertz CT molecular complexity index is 509. The van der Waals surface area contributed by atoms with E-state index in [4.69, 9.17) is 10.5 Å². The minimum absolute atomic E-state index is 0.0537. The highest BCUT2D eigenvalue weighted by atomic mass is 16.5. The molecular weight excluding hydrogens is 314 g/mol. The van der Waals surface area contributed by atoms with Crippen LogP contribution in [0.25, 0.3) is 0 Å². The van der Waals surface area contributed by atoms with E-state index in [2.05, 4.69) is 17.1 Å². The number of ether oxygens (including phenoxy) is 1. The highest BCUT2D eigenvalue weighted by Crippen LogP contribution is 2.18. The Morgan fingerprint density at radius 2 is 2.16 bits per heavy atom. The first-order valence-corrected chi connectivity index (χ1v) is 9.50. The minimum atomic E-state index is -0.241. The van der Waals surface area contributed by atoms with Crippen LogP contribution in [0.1, 0.15) is 44.7 Å². The molecule has 0 spiro atoms. The minimum Gasteiger partial charge on any atom is -0.382 e. The van der Waals surface area contributed by atoms with Gasteiger partial charge in [-0.1, -0.05) is 37.3 Å². The summed E-state index contributed by atoms with van der Waals surface area (Å²) < 4.78 is 5.40. The molecule has 1 aromatic carbocycles. The predicted molar refractivity (Wildman–Crippen MR) is 101 cm³/mol. The van der Waals surface area contributed by atoms with Crippen molar-refractivity contribution >= 4 is 5.91 Å². The summed E-state index contributed by atoms with van der Waals surface area (Å²) >= 11 is 0. The second-order valence-electron chi connectivity index (χ2n) is 7.01. The third-order valence-corrected chi connectivity index (χ3v) is 4.94. The third-order valence-electron chi connectivity index (χ3n) is 4.94. The Morgan fingerprint density at radius 3 is 2.84 bits per heavy atom. The van der Waals surface area contributed by atoms with Crippen molar-refractivity contribution in [2.24, 2.45) is 11.7 Å². The van der Waals surface area contributed by atoms with E-state index in [0.717, 1.165) is 51.3 Å². The number of carbonyl (C=O) groups is 1. The highest BCUT2D eigenvalue weighted by Gasteiger charge is 2.27. The molecule has 2 rings (SSSR count). The highest BCUT2D eigenvalue weighted by molar-refractivity contribution is 5.77. The topological polar surface area (TPSA) is 67.6 Å². The molecule has 0 aromatic heterocycles. The van der Waals surface area contributed by atoms with E-state index in [-0.39, 0.29) is 18.0 Å². The summed E-state index contributed by atoms with van der Waals surface area (Å²) in [6, 6.07) is 9.82. The fourth-order valence-electron chi connectivity index (χ4n) is 3.47. The maximum absolute atomic E-state index is 12.3. The Morgan fingerprint density at radius 1 is 1.40 bits per heavy atom. The number of nitrogens with two attached hydrogens (primary N) is 1. The van der Waals surface area contributed by atoms with Gasteiger partial charge >= 0.3 is 0 Å². The number of nitrogens with zero attached hydrogens (tertiary/aromatic N) is 1. The van der Waals surface area contributed by atoms with E-state index < -0.39 is 0 Å². The Balaban J connectivity index is 1.71. The van der Waals surface area contributed by atoms with Crippen LogP contribution < -0.4 is 11.1 Å². The quantitative estimate of drug-likeness (QED) is 0.673. The van der Waals surface area contributed by atoms with E-state index in [0.29, 0.717) is 12.3 Å². The number of piperidine rings is 1. The van der Waals surface area contributed by atoms with Gasteiger partial charge < -0.3 is 20.7 Å². The number of hydrogen-bond acceptors (Lipinski definition) is 4. The normalized spacial score (nSPS) is 22.5. The van der Waals surface area contributed by atoms with Crippen molar-refractivity contribution < 1.29 is 9.53 Å². The molecule has 0 aliphatic carbocycles. The molecule has 3 atom stereocenters. The van der Waals surface area contributed by atoms with E-state index in [1.165, 1.54) is 0 Å². The molecule has 1 aliphatic heterocycles. The molecule has 0 saturated carbocycles. The lowest BCUT2D eigenvalue weighted by atomic mass is 9.93. The molecule has 1 amide bonds. The Labute approximate surface area is 151 Å². The molecule has 1 saturated heterocycles. The summed E-state index contributed by atoms with van der Waals surface area (Å²) in [6.45, 7) is 9.00. The van der Waals surface area contributed by atoms with E-state index in [1.54, 1.807) is 0 Å². The molecule has 140 valence electrons. The zero-order chi connectivity index (χ0) is 18.1. The van der Waals surface area contributed by atoms with Crippen molar-refractivity contribution in [1.82, 2.24) is 10.2 Å². The average molecular weight is 348 g/mol. The van der Waals surface area contributed by atoms with Crippen molar-refractivity contribution in [2.45, 2.75) is 45.2 Å². The lowest BCUT2D eigenvalue weighted by Crippen LogP contribution is -2.50. The first-order valence-electron chi connectivity index (χ1n) is 9.50. The number of benzene rings is 1. The number of likely N-dealkylation sites (tertiary alicyclic amines) is 1. The summed E-state index contributed by atoms with van der Waals surface area (Å²) in [6.07, 6.45) is 2.41. The first-order chi connectivity index (χ1) is 12.1. The van der Waals surface area contributed by atoms with Gasteiger partial charge in [-0.2, -0.15) is 0 Å². The summed E-state index contributed by atoms with van der Waals surface area (Å²) in [7, 11) is 0. The van der Waals surface area contributed by atoms with Crippen LogP contribution in [0, 0.1) is 5.92 Å². The molecule has 5 nitrogen and oxygen atoms in total. The lowest BCUT2D eigenvalue weighted by molar-refractivity contribution is -0.122. The first kappa shape index (κ1) is 19.9. The number of amides is 1. The van der Waals surface area contributed by atoms with Gasteiger partial charge in [-0.3, -0.25) is 4.79 Å². The van der Waals surface area contributed by atoms with Gasteiger partial charge in [0, 0.05) is 51.4 Å². The van der Waals surface area contributed by atoms with E-state index in [1.807, 2.05) is 37.3 Å². The fourth-order valence-corrected chi connectivity index (χ4v) is 3.47. The van der Waals surface area contributed by atoms with Gasteiger partial charge in [0.25, 0.3) is 0 Å². The van der Waals surface area contributed by atoms with Crippen LogP contribution in [0.4, 0.5) is 0 Å². The third kappa shape index (κ3) is 6.77. The lowest BCUT2D eigenvalue weighted by Gasteiger charge is -2.37.